The van der Waals surface area contributed by atoms with Crippen molar-refractivity contribution >= 4 is 5.91 Å². The van der Waals surface area contributed by atoms with Crippen molar-refractivity contribution < 1.29 is 9.53 Å². The Hall–Kier alpha value is -1.55. The maximum Gasteiger partial charge on any atom is 0.234 e. The molecule has 4 nitrogen and oxygen atoms in total. The largest absolute Gasteiger partial charge is 0.493 e. The predicted molar refractivity (Wildman–Crippen MR) is 86.7 cm³/mol. The second-order valence-corrected chi connectivity index (χ2v) is 6.40. The first kappa shape index (κ1) is 17.5. The molecule has 1 amide bonds. The number of hydrogen-bond acceptors (Lipinski definition) is 3. The molecule has 0 aliphatic rings. The van der Waals surface area contributed by atoms with Crippen LogP contribution in [-0.2, 0) is 10.2 Å². The third kappa shape index (κ3) is 5.38. The highest BCUT2D eigenvalue weighted by Gasteiger charge is 2.20. The summed E-state index contributed by atoms with van der Waals surface area (Å²) in [5, 5.41) is 3.07. The number of ether oxygens (including phenoxy) is 1. The van der Waals surface area contributed by atoms with Crippen LogP contribution in [0.25, 0.3) is 0 Å². The molecule has 0 aromatic heterocycles. The fourth-order valence-electron chi connectivity index (χ4n) is 2.25. The van der Waals surface area contributed by atoms with Gasteiger partial charge in [0, 0.05) is 6.42 Å². The lowest BCUT2D eigenvalue weighted by atomic mass is 9.86. The molecule has 0 radical (unpaired) electrons. The Balaban J connectivity index is 2.75. The van der Waals surface area contributed by atoms with Gasteiger partial charge in [-0.15, -0.1) is 0 Å². The molecule has 0 saturated heterocycles. The topological polar surface area (TPSA) is 64.3 Å². The number of rotatable bonds is 7. The molecule has 1 unspecified atom stereocenters. The summed E-state index contributed by atoms with van der Waals surface area (Å²) in [6.07, 6.45) is 0.570. The van der Waals surface area contributed by atoms with Crippen molar-refractivity contribution in [2.45, 2.75) is 52.5 Å². The molecule has 0 heterocycles. The Morgan fingerprint density at radius 2 is 2.05 bits per heavy atom. The fourth-order valence-corrected chi connectivity index (χ4v) is 2.25. The normalized spacial score (nSPS) is 13.0. The molecule has 0 bridgehead atoms. The maximum atomic E-state index is 11.3. The van der Waals surface area contributed by atoms with E-state index >= 15 is 0 Å². The van der Waals surface area contributed by atoms with E-state index in [1.165, 1.54) is 5.56 Å². The van der Waals surface area contributed by atoms with Crippen LogP contribution in [0, 0.1) is 6.92 Å². The minimum atomic E-state index is -0.335. The molecule has 0 fully saturated rings. The Bertz CT molecular complexity index is 478. The van der Waals surface area contributed by atoms with Crippen molar-refractivity contribution in [2.24, 2.45) is 5.73 Å². The Kier molecular flexibility index (Phi) is 6.21. The summed E-state index contributed by atoms with van der Waals surface area (Å²) in [5.41, 5.74) is 7.73. The summed E-state index contributed by atoms with van der Waals surface area (Å²) in [5.74, 6) is 0.558. The van der Waals surface area contributed by atoms with Crippen molar-refractivity contribution in [3.05, 3.63) is 29.3 Å². The van der Waals surface area contributed by atoms with Crippen LogP contribution in [-0.4, -0.2) is 25.1 Å². The number of nitrogens with one attached hydrogen (secondary N) is 1. The van der Waals surface area contributed by atoms with Crippen molar-refractivity contribution in [1.29, 1.82) is 0 Å². The summed E-state index contributed by atoms with van der Waals surface area (Å²) in [6.45, 7) is 11.7. The Morgan fingerprint density at radius 3 is 2.57 bits per heavy atom. The molecule has 0 saturated carbocycles. The third-order valence-corrected chi connectivity index (χ3v) is 3.40. The highest BCUT2D eigenvalue weighted by atomic mass is 16.5. The number of carbonyl (C=O) groups excluding carboxylic acids is 1. The fraction of sp³-hybridized carbons (Fsp3) is 0.588. The summed E-state index contributed by atoms with van der Waals surface area (Å²) in [4.78, 5) is 11.3. The zero-order valence-electron chi connectivity index (χ0n) is 13.8. The van der Waals surface area contributed by atoms with Crippen molar-refractivity contribution in [2.75, 3.05) is 13.2 Å². The van der Waals surface area contributed by atoms with Crippen LogP contribution in [0.1, 0.15) is 45.2 Å². The van der Waals surface area contributed by atoms with E-state index in [0.29, 0.717) is 19.6 Å². The maximum absolute atomic E-state index is 11.3. The lowest BCUT2D eigenvalue weighted by Crippen LogP contribution is -2.42. The SMILES string of the molecule is CCNC(CCOc1cc(C)ccc1C(C)(C)C)C(N)=O. The highest BCUT2D eigenvalue weighted by molar-refractivity contribution is 5.79. The average molecular weight is 292 g/mol. The van der Waals surface area contributed by atoms with Gasteiger partial charge in [0.15, 0.2) is 0 Å². The van der Waals surface area contributed by atoms with E-state index < -0.39 is 0 Å². The number of primary amides is 1. The lowest BCUT2D eigenvalue weighted by molar-refractivity contribution is -0.120. The van der Waals surface area contributed by atoms with Crippen LogP contribution in [0.5, 0.6) is 5.75 Å². The van der Waals surface area contributed by atoms with Gasteiger partial charge < -0.3 is 15.8 Å². The number of aryl methyl sites for hydroxylation is 1. The number of nitrogens with two attached hydrogens (primary N) is 1. The molecular formula is C17H28N2O2. The van der Waals surface area contributed by atoms with Crippen LogP contribution in [0.3, 0.4) is 0 Å². The molecule has 0 spiro atoms. The summed E-state index contributed by atoms with van der Waals surface area (Å²) in [7, 11) is 0. The van der Waals surface area contributed by atoms with Crippen LogP contribution in [0.15, 0.2) is 18.2 Å². The second-order valence-electron chi connectivity index (χ2n) is 6.40. The zero-order chi connectivity index (χ0) is 16.0. The van der Waals surface area contributed by atoms with Crippen LogP contribution >= 0.6 is 0 Å². The number of likely N-dealkylation sites (N-methyl/N-ethyl adjacent to an activating group) is 1. The number of benzene rings is 1. The number of carbonyl (C=O) groups is 1. The molecule has 1 aromatic carbocycles. The molecule has 1 aromatic rings. The van der Waals surface area contributed by atoms with Gasteiger partial charge in [-0.2, -0.15) is 0 Å². The van der Waals surface area contributed by atoms with Crippen molar-refractivity contribution in [3.8, 4) is 5.75 Å². The molecule has 118 valence electrons. The van der Waals surface area contributed by atoms with Crippen LogP contribution in [0.2, 0.25) is 0 Å². The van der Waals surface area contributed by atoms with Crippen LogP contribution < -0.4 is 15.8 Å². The Morgan fingerprint density at radius 1 is 1.38 bits per heavy atom. The number of amides is 1. The quantitative estimate of drug-likeness (QED) is 0.811. The summed E-state index contributed by atoms with van der Waals surface area (Å²) < 4.78 is 5.92. The lowest BCUT2D eigenvalue weighted by Gasteiger charge is -2.24. The van der Waals surface area contributed by atoms with Gasteiger partial charge in [0.1, 0.15) is 5.75 Å². The van der Waals surface area contributed by atoms with Gasteiger partial charge in [-0.1, -0.05) is 39.8 Å². The Labute approximate surface area is 128 Å². The van der Waals surface area contributed by atoms with Crippen molar-refractivity contribution in [3.63, 3.8) is 0 Å². The van der Waals surface area contributed by atoms with E-state index in [2.05, 4.69) is 38.2 Å². The zero-order valence-corrected chi connectivity index (χ0v) is 13.8. The third-order valence-electron chi connectivity index (χ3n) is 3.40. The summed E-state index contributed by atoms with van der Waals surface area (Å²) >= 11 is 0. The van der Waals surface area contributed by atoms with E-state index in [1.807, 2.05) is 19.9 Å². The molecule has 1 atom stereocenters. The van der Waals surface area contributed by atoms with E-state index in [9.17, 15) is 4.79 Å². The van der Waals surface area contributed by atoms with E-state index in [1.54, 1.807) is 0 Å². The molecule has 3 N–H and O–H groups in total. The molecular weight excluding hydrogens is 264 g/mol. The van der Waals surface area contributed by atoms with E-state index in [4.69, 9.17) is 10.5 Å². The first-order valence-electron chi connectivity index (χ1n) is 7.52. The van der Waals surface area contributed by atoms with Gasteiger partial charge in [0.2, 0.25) is 5.91 Å². The predicted octanol–water partition coefficient (Wildman–Crippen LogP) is 2.52. The van der Waals surface area contributed by atoms with Gasteiger partial charge >= 0.3 is 0 Å². The van der Waals surface area contributed by atoms with Crippen LogP contribution in [0.4, 0.5) is 0 Å². The molecule has 0 aliphatic carbocycles. The first-order valence-corrected chi connectivity index (χ1v) is 7.52. The molecule has 4 heteroatoms. The standard InChI is InChI=1S/C17H28N2O2/c1-6-19-14(16(18)20)9-10-21-15-11-12(2)7-8-13(15)17(3,4)5/h7-8,11,14,19H,6,9-10H2,1-5H3,(H2,18,20). The monoisotopic (exact) mass is 292 g/mol. The first-order chi connectivity index (χ1) is 9.75. The van der Waals surface area contributed by atoms with Gasteiger partial charge in [0.25, 0.3) is 0 Å². The van der Waals surface area contributed by atoms with E-state index in [-0.39, 0.29) is 17.4 Å². The van der Waals surface area contributed by atoms with Gasteiger partial charge in [-0.25, -0.2) is 0 Å². The molecule has 0 aliphatic heterocycles. The smallest absolute Gasteiger partial charge is 0.234 e. The molecule has 21 heavy (non-hydrogen) atoms. The van der Waals surface area contributed by atoms with Crippen molar-refractivity contribution in [1.82, 2.24) is 5.32 Å². The van der Waals surface area contributed by atoms with Gasteiger partial charge in [0.05, 0.1) is 12.6 Å². The van der Waals surface area contributed by atoms with E-state index in [0.717, 1.165) is 11.3 Å². The summed E-state index contributed by atoms with van der Waals surface area (Å²) in [6, 6.07) is 5.92. The second kappa shape index (κ2) is 7.46. The van der Waals surface area contributed by atoms with Gasteiger partial charge in [-0.3, -0.25) is 4.79 Å². The highest BCUT2D eigenvalue weighted by Crippen LogP contribution is 2.32. The minimum absolute atomic E-state index is 0.0216. The van der Waals surface area contributed by atoms with Gasteiger partial charge in [-0.05, 0) is 36.1 Å². The minimum Gasteiger partial charge on any atom is -0.493 e. The average Bonchev–Trinajstić information content (AvgIpc) is 2.36. The number of hydrogen-bond donors (Lipinski definition) is 2. The molecule has 1 rings (SSSR count).